The van der Waals surface area contributed by atoms with E-state index in [1.807, 2.05) is 30.1 Å². The molecule has 4 heteroatoms. The van der Waals surface area contributed by atoms with Crippen molar-refractivity contribution in [2.45, 2.75) is 26.7 Å². The van der Waals surface area contributed by atoms with Gasteiger partial charge in [0.05, 0.1) is 0 Å². The van der Waals surface area contributed by atoms with Gasteiger partial charge in [0.25, 0.3) is 0 Å². The van der Waals surface area contributed by atoms with Crippen LogP contribution in [0.1, 0.15) is 25.8 Å². The highest BCUT2D eigenvalue weighted by molar-refractivity contribution is 5.85. The first-order valence-electron chi connectivity index (χ1n) is 7.51. The molecule has 1 heterocycles. The Morgan fingerprint density at radius 2 is 2.00 bits per heavy atom. The van der Waals surface area contributed by atoms with E-state index in [1.54, 1.807) is 0 Å². The van der Waals surface area contributed by atoms with Gasteiger partial charge in [-0.1, -0.05) is 44.2 Å². The van der Waals surface area contributed by atoms with E-state index in [0.29, 0.717) is 11.8 Å². The zero-order chi connectivity index (χ0) is 14.6. The van der Waals surface area contributed by atoms with Crippen LogP contribution in [0.25, 0.3) is 0 Å². The number of carbonyl (C=O) groups excluding carboxylic acids is 1. The molecular formula is C17H27ClN2O. The quantitative estimate of drug-likeness (QED) is 0.907. The van der Waals surface area contributed by atoms with E-state index in [1.165, 1.54) is 5.56 Å². The van der Waals surface area contributed by atoms with Gasteiger partial charge in [0.15, 0.2) is 0 Å². The summed E-state index contributed by atoms with van der Waals surface area (Å²) >= 11 is 0. The first-order valence-corrected chi connectivity index (χ1v) is 7.51. The lowest BCUT2D eigenvalue weighted by atomic mass is 9.84. The molecule has 1 saturated heterocycles. The smallest absolute Gasteiger partial charge is 0.228 e. The van der Waals surface area contributed by atoms with Crippen LogP contribution in [0, 0.1) is 11.3 Å². The Labute approximate surface area is 134 Å². The van der Waals surface area contributed by atoms with Crippen molar-refractivity contribution in [3.63, 3.8) is 0 Å². The van der Waals surface area contributed by atoms with Crippen molar-refractivity contribution in [2.24, 2.45) is 11.3 Å². The second-order valence-corrected chi connectivity index (χ2v) is 6.51. The van der Waals surface area contributed by atoms with Crippen LogP contribution in [0.2, 0.25) is 0 Å². The molecule has 0 spiro atoms. The fourth-order valence-corrected chi connectivity index (χ4v) is 3.08. The van der Waals surface area contributed by atoms with Crippen molar-refractivity contribution in [1.29, 1.82) is 0 Å². The molecule has 118 valence electrons. The van der Waals surface area contributed by atoms with Crippen molar-refractivity contribution < 1.29 is 4.79 Å². The molecule has 0 bridgehead atoms. The Hall–Kier alpha value is -1.06. The molecule has 2 rings (SSSR count). The van der Waals surface area contributed by atoms with Gasteiger partial charge in [-0.15, -0.1) is 12.4 Å². The zero-order valence-electron chi connectivity index (χ0n) is 13.3. The SMILES string of the molecule is CNCC1CCN(C(=O)C(C)(C)Cc2ccccc2)C1.Cl. The molecule has 0 saturated carbocycles. The first kappa shape index (κ1) is 18.0. The fraction of sp³-hybridized carbons (Fsp3) is 0.588. The topological polar surface area (TPSA) is 32.3 Å². The van der Waals surface area contributed by atoms with Gasteiger partial charge in [0.2, 0.25) is 5.91 Å². The third kappa shape index (κ3) is 4.72. The van der Waals surface area contributed by atoms with Gasteiger partial charge in [-0.2, -0.15) is 0 Å². The Morgan fingerprint density at radius 3 is 2.62 bits per heavy atom. The van der Waals surface area contributed by atoms with Gasteiger partial charge in [-0.05, 0) is 37.9 Å². The summed E-state index contributed by atoms with van der Waals surface area (Å²) in [6, 6.07) is 10.3. The standard InChI is InChI=1S/C17H26N2O.ClH/c1-17(2,11-14-7-5-4-6-8-14)16(20)19-10-9-15(13-19)12-18-3;/h4-8,15,18H,9-13H2,1-3H3;1H. The predicted octanol–water partition coefficient (Wildman–Crippen LogP) is 2.75. The molecule has 0 aromatic heterocycles. The van der Waals surface area contributed by atoms with Gasteiger partial charge in [0, 0.05) is 18.5 Å². The summed E-state index contributed by atoms with van der Waals surface area (Å²) in [4.78, 5) is 14.8. The highest BCUT2D eigenvalue weighted by Crippen LogP contribution is 2.28. The molecule has 1 unspecified atom stereocenters. The third-order valence-electron chi connectivity index (χ3n) is 4.13. The van der Waals surface area contributed by atoms with Crippen LogP contribution < -0.4 is 5.32 Å². The van der Waals surface area contributed by atoms with Gasteiger partial charge in [-0.25, -0.2) is 0 Å². The van der Waals surface area contributed by atoms with Gasteiger partial charge >= 0.3 is 0 Å². The molecule has 21 heavy (non-hydrogen) atoms. The fourth-order valence-electron chi connectivity index (χ4n) is 3.08. The normalized spacial score (nSPS) is 18.4. The lowest BCUT2D eigenvalue weighted by molar-refractivity contribution is -0.139. The van der Waals surface area contributed by atoms with Gasteiger partial charge in [-0.3, -0.25) is 4.79 Å². The van der Waals surface area contributed by atoms with Crippen molar-refractivity contribution in [3.05, 3.63) is 35.9 Å². The third-order valence-corrected chi connectivity index (χ3v) is 4.13. The predicted molar refractivity (Wildman–Crippen MR) is 89.8 cm³/mol. The number of nitrogens with zero attached hydrogens (tertiary/aromatic N) is 1. The number of hydrogen-bond acceptors (Lipinski definition) is 2. The molecule has 1 aromatic rings. The Morgan fingerprint density at radius 1 is 1.33 bits per heavy atom. The molecular weight excluding hydrogens is 284 g/mol. The number of nitrogens with one attached hydrogen (secondary N) is 1. The van der Waals surface area contributed by atoms with E-state index in [9.17, 15) is 4.79 Å². The average Bonchev–Trinajstić information content (AvgIpc) is 2.87. The van der Waals surface area contributed by atoms with Gasteiger partial charge < -0.3 is 10.2 Å². The van der Waals surface area contributed by atoms with E-state index in [0.717, 1.165) is 32.5 Å². The molecule has 1 N–H and O–H groups in total. The Kier molecular flexibility index (Phi) is 6.69. The van der Waals surface area contributed by atoms with E-state index in [2.05, 4.69) is 31.3 Å². The van der Waals surface area contributed by atoms with E-state index >= 15 is 0 Å². The highest BCUT2D eigenvalue weighted by Gasteiger charge is 2.35. The minimum atomic E-state index is -0.324. The largest absolute Gasteiger partial charge is 0.342 e. The molecule has 1 atom stereocenters. The lowest BCUT2D eigenvalue weighted by Crippen LogP contribution is -2.41. The van der Waals surface area contributed by atoms with Crippen molar-refractivity contribution >= 4 is 18.3 Å². The first-order chi connectivity index (χ1) is 9.53. The summed E-state index contributed by atoms with van der Waals surface area (Å²) in [5, 5.41) is 3.21. The highest BCUT2D eigenvalue weighted by atomic mass is 35.5. The average molecular weight is 311 g/mol. The van der Waals surface area contributed by atoms with Crippen LogP contribution in [0.4, 0.5) is 0 Å². The molecule has 0 aliphatic carbocycles. The minimum absolute atomic E-state index is 0. The molecule has 1 aromatic carbocycles. The molecule has 1 fully saturated rings. The van der Waals surface area contributed by atoms with E-state index in [4.69, 9.17) is 0 Å². The monoisotopic (exact) mass is 310 g/mol. The zero-order valence-corrected chi connectivity index (χ0v) is 14.1. The molecule has 3 nitrogen and oxygen atoms in total. The number of hydrogen-bond donors (Lipinski definition) is 1. The second kappa shape index (κ2) is 7.81. The number of benzene rings is 1. The number of likely N-dealkylation sites (tertiary alicyclic amines) is 1. The molecule has 0 radical (unpaired) electrons. The number of rotatable bonds is 5. The lowest BCUT2D eigenvalue weighted by Gasteiger charge is -2.29. The van der Waals surface area contributed by atoms with E-state index in [-0.39, 0.29) is 17.8 Å². The number of amides is 1. The van der Waals surface area contributed by atoms with Gasteiger partial charge in [0.1, 0.15) is 0 Å². The maximum absolute atomic E-state index is 12.7. The van der Waals surface area contributed by atoms with E-state index < -0.39 is 0 Å². The summed E-state index contributed by atoms with van der Waals surface area (Å²) in [7, 11) is 1.98. The Bertz CT molecular complexity index is 447. The summed E-state index contributed by atoms with van der Waals surface area (Å²) in [6.07, 6.45) is 1.92. The van der Waals surface area contributed by atoms with Crippen LogP contribution in [-0.4, -0.2) is 37.5 Å². The maximum atomic E-state index is 12.7. The molecule has 1 amide bonds. The summed E-state index contributed by atoms with van der Waals surface area (Å²) in [5.41, 5.74) is 0.910. The van der Waals surface area contributed by atoms with Crippen LogP contribution in [0.5, 0.6) is 0 Å². The minimum Gasteiger partial charge on any atom is -0.342 e. The second-order valence-electron chi connectivity index (χ2n) is 6.51. The van der Waals surface area contributed by atoms with Crippen LogP contribution in [0.3, 0.4) is 0 Å². The summed E-state index contributed by atoms with van der Waals surface area (Å²) in [5.74, 6) is 0.899. The van der Waals surface area contributed by atoms with Crippen LogP contribution >= 0.6 is 12.4 Å². The van der Waals surface area contributed by atoms with Crippen molar-refractivity contribution in [2.75, 3.05) is 26.7 Å². The molecule has 1 aliphatic heterocycles. The van der Waals surface area contributed by atoms with Crippen LogP contribution in [-0.2, 0) is 11.2 Å². The summed E-state index contributed by atoms with van der Waals surface area (Å²) in [6.45, 7) is 6.94. The van der Waals surface area contributed by atoms with Crippen molar-refractivity contribution in [3.8, 4) is 0 Å². The molecule has 1 aliphatic rings. The number of halogens is 1. The Balaban J connectivity index is 0.00000220. The van der Waals surface area contributed by atoms with Crippen LogP contribution in [0.15, 0.2) is 30.3 Å². The van der Waals surface area contributed by atoms with Crippen molar-refractivity contribution in [1.82, 2.24) is 10.2 Å². The summed E-state index contributed by atoms with van der Waals surface area (Å²) < 4.78 is 0. The maximum Gasteiger partial charge on any atom is 0.228 e. The number of carbonyl (C=O) groups is 1.